The number of carbonyl (C=O) groups excluding carboxylic acids is 2. The van der Waals surface area contributed by atoms with Crippen LogP contribution in [0.4, 0.5) is 4.39 Å². The molecule has 22 heavy (non-hydrogen) atoms. The van der Waals surface area contributed by atoms with Gasteiger partial charge in [-0.1, -0.05) is 18.2 Å². The molecule has 2 atom stereocenters. The third kappa shape index (κ3) is 2.60. The summed E-state index contributed by atoms with van der Waals surface area (Å²) < 4.78 is 14.2. The minimum atomic E-state index is -0.504. The van der Waals surface area contributed by atoms with Gasteiger partial charge in [0.2, 0.25) is 11.8 Å². The van der Waals surface area contributed by atoms with Crippen LogP contribution in [0.1, 0.15) is 37.3 Å². The van der Waals surface area contributed by atoms with Crippen molar-refractivity contribution in [2.24, 2.45) is 5.92 Å². The van der Waals surface area contributed by atoms with Gasteiger partial charge < -0.3 is 9.80 Å². The van der Waals surface area contributed by atoms with Gasteiger partial charge in [-0.15, -0.1) is 0 Å². The second-order valence-corrected chi connectivity index (χ2v) is 6.15. The van der Waals surface area contributed by atoms with E-state index in [0.29, 0.717) is 18.4 Å². The quantitative estimate of drug-likeness (QED) is 0.841. The predicted octanol–water partition coefficient (Wildman–Crippen LogP) is 2.36. The highest BCUT2D eigenvalue weighted by Crippen LogP contribution is 2.38. The average Bonchev–Trinajstić information content (AvgIpc) is 3.04. The van der Waals surface area contributed by atoms with Gasteiger partial charge in [0.1, 0.15) is 5.82 Å². The zero-order valence-corrected chi connectivity index (χ0v) is 12.8. The zero-order chi connectivity index (χ0) is 15.7. The third-order valence-electron chi connectivity index (χ3n) is 4.82. The highest BCUT2D eigenvalue weighted by atomic mass is 19.1. The highest BCUT2D eigenvalue weighted by Gasteiger charge is 2.41. The molecule has 0 saturated carbocycles. The number of nitrogens with zero attached hydrogens (tertiary/aromatic N) is 2. The Balaban J connectivity index is 1.94. The van der Waals surface area contributed by atoms with E-state index in [4.69, 9.17) is 0 Å². The molecule has 2 aliphatic heterocycles. The lowest BCUT2D eigenvalue weighted by Crippen LogP contribution is -2.47. The molecule has 3 rings (SSSR count). The first-order valence-corrected chi connectivity index (χ1v) is 7.88. The number of halogens is 1. The Morgan fingerprint density at radius 1 is 1.23 bits per heavy atom. The first-order chi connectivity index (χ1) is 10.6. The van der Waals surface area contributed by atoms with E-state index in [0.717, 1.165) is 25.9 Å². The monoisotopic (exact) mass is 304 g/mol. The number of benzene rings is 1. The van der Waals surface area contributed by atoms with Gasteiger partial charge in [-0.25, -0.2) is 4.39 Å². The maximum atomic E-state index is 14.2. The average molecular weight is 304 g/mol. The number of piperidine rings is 1. The van der Waals surface area contributed by atoms with Crippen molar-refractivity contribution >= 4 is 11.8 Å². The van der Waals surface area contributed by atoms with Crippen LogP contribution in [0.3, 0.4) is 0 Å². The van der Waals surface area contributed by atoms with Gasteiger partial charge in [-0.05, 0) is 25.3 Å². The number of rotatable bonds is 2. The van der Waals surface area contributed by atoms with Gasteiger partial charge in [-0.3, -0.25) is 9.59 Å². The molecule has 0 aromatic heterocycles. The number of hydrogen-bond donors (Lipinski definition) is 0. The summed E-state index contributed by atoms with van der Waals surface area (Å²) >= 11 is 0. The van der Waals surface area contributed by atoms with Crippen LogP contribution < -0.4 is 0 Å². The Morgan fingerprint density at radius 3 is 2.59 bits per heavy atom. The molecule has 0 aliphatic carbocycles. The lowest BCUT2D eigenvalue weighted by Gasteiger charge is -2.40. The van der Waals surface area contributed by atoms with Crippen LogP contribution in [-0.4, -0.2) is 41.8 Å². The van der Waals surface area contributed by atoms with E-state index in [1.54, 1.807) is 30.1 Å². The van der Waals surface area contributed by atoms with Crippen molar-refractivity contribution in [3.05, 3.63) is 35.6 Å². The first-order valence-electron chi connectivity index (χ1n) is 7.88. The van der Waals surface area contributed by atoms with E-state index >= 15 is 0 Å². The zero-order valence-electron chi connectivity index (χ0n) is 12.8. The second kappa shape index (κ2) is 6.07. The molecule has 2 aliphatic rings. The Labute approximate surface area is 129 Å². The Morgan fingerprint density at radius 2 is 1.91 bits per heavy atom. The van der Waals surface area contributed by atoms with E-state index in [2.05, 4.69) is 0 Å². The number of likely N-dealkylation sites (tertiary alicyclic amines) is 2. The third-order valence-corrected chi connectivity index (χ3v) is 4.82. The van der Waals surface area contributed by atoms with Gasteiger partial charge in [0.25, 0.3) is 0 Å². The van der Waals surface area contributed by atoms with Crippen LogP contribution in [0.5, 0.6) is 0 Å². The summed E-state index contributed by atoms with van der Waals surface area (Å²) in [4.78, 5) is 28.3. The Hall–Kier alpha value is -1.91. The van der Waals surface area contributed by atoms with Crippen molar-refractivity contribution in [2.45, 2.75) is 31.7 Å². The molecule has 0 N–H and O–H groups in total. The van der Waals surface area contributed by atoms with Crippen molar-refractivity contribution in [1.29, 1.82) is 0 Å². The molecule has 1 aromatic rings. The molecule has 0 spiro atoms. The maximum Gasteiger partial charge on any atom is 0.228 e. The van der Waals surface area contributed by atoms with E-state index in [1.807, 2.05) is 4.90 Å². The van der Waals surface area contributed by atoms with Gasteiger partial charge in [0.05, 0.1) is 12.0 Å². The fourth-order valence-electron chi connectivity index (χ4n) is 3.61. The van der Waals surface area contributed by atoms with Crippen LogP contribution in [0.15, 0.2) is 24.3 Å². The minimum absolute atomic E-state index is 0.0290. The Bertz CT molecular complexity index is 584. The van der Waals surface area contributed by atoms with Gasteiger partial charge in [0, 0.05) is 32.1 Å². The summed E-state index contributed by atoms with van der Waals surface area (Å²) in [6.07, 6.45) is 2.90. The lowest BCUT2D eigenvalue weighted by molar-refractivity contribution is -0.146. The molecule has 118 valence electrons. The van der Waals surface area contributed by atoms with Crippen molar-refractivity contribution in [1.82, 2.24) is 9.80 Å². The molecule has 5 heteroatoms. The summed E-state index contributed by atoms with van der Waals surface area (Å²) in [5.74, 6) is -0.671. The maximum absolute atomic E-state index is 14.2. The standard InChI is InChI=1S/C17H21FN2O2/c1-19-15(21)9-8-13(17(22)20-10-4-5-11-20)16(19)12-6-2-3-7-14(12)18/h2-3,6-7,13,16H,4-5,8-11H2,1H3/t13-,16+/m0/s1. The van der Waals surface area contributed by atoms with Crippen molar-refractivity contribution in [3.8, 4) is 0 Å². The summed E-state index contributed by atoms with van der Waals surface area (Å²) in [5, 5.41) is 0. The normalized spacial score (nSPS) is 25.6. The van der Waals surface area contributed by atoms with Crippen LogP contribution >= 0.6 is 0 Å². The largest absolute Gasteiger partial charge is 0.342 e. The highest BCUT2D eigenvalue weighted by molar-refractivity contribution is 5.85. The molecule has 1 aromatic carbocycles. The van der Waals surface area contributed by atoms with E-state index in [9.17, 15) is 14.0 Å². The molecule has 4 nitrogen and oxygen atoms in total. The molecule has 0 bridgehead atoms. The number of hydrogen-bond acceptors (Lipinski definition) is 2. The molecule has 0 radical (unpaired) electrons. The topological polar surface area (TPSA) is 40.6 Å². The smallest absolute Gasteiger partial charge is 0.228 e. The molecule has 2 heterocycles. The van der Waals surface area contributed by atoms with Gasteiger partial charge >= 0.3 is 0 Å². The summed E-state index contributed by atoms with van der Waals surface area (Å²) in [6.45, 7) is 1.55. The molecule has 0 unspecified atom stereocenters. The van der Waals surface area contributed by atoms with E-state index in [1.165, 1.54) is 6.07 Å². The molecular formula is C17H21FN2O2. The van der Waals surface area contributed by atoms with Crippen molar-refractivity contribution in [2.75, 3.05) is 20.1 Å². The lowest BCUT2D eigenvalue weighted by atomic mass is 9.83. The number of carbonyl (C=O) groups is 2. The van der Waals surface area contributed by atoms with E-state index < -0.39 is 6.04 Å². The van der Waals surface area contributed by atoms with Crippen molar-refractivity contribution in [3.63, 3.8) is 0 Å². The van der Waals surface area contributed by atoms with Crippen LogP contribution in [-0.2, 0) is 9.59 Å². The second-order valence-electron chi connectivity index (χ2n) is 6.15. The van der Waals surface area contributed by atoms with Crippen LogP contribution in [0.2, 0.25) is 0 Å². The molecule has 2 saturated heterocycles. The Kier molecular flexibility index (Phi) is 4.14. The molecule has 2 fully saturated rings. The van der Waals surface area contributed by atoms with Gasteiger partial charge in [-0.2, -0.15) is 0 Å². The molecular weight excluding hydrogens is 283 g/mol. The van der Waals surface area contributed by atoms with Crippen LogP contribution in [0.25, 0.3) is 0 Å². The fourth-order valence-corrected chi connectivity index (χ4v) is 3.61. The summed E-state index contributed by atoms with van der Waals surface area (Å²) in [6, 6.07) is 5.94. The summed E-state index contributed by atoms with van der Waals surface area (Å²) in [7, 11) is 1.67. The number of amides is 2. The molecule has 2 amide bonds. The minimum Gasteiger partial charge on any atom is -0.342 e. The first kappa shape index (κ1) is 15.0. The predicted molar refractivity (Wildman–Crippen MR) is 80.4 cm³/mol. The SMILES string of the molecule is CN1C(=O)CC[C@H](C(=O)N2CCCC2)[C@H]1c1ccccc1F. The van der Waals surface area contributed by atoms with E-state index in [-0.39, 0.29) is 23.5 Å². The van der Waals surface area contributed by atoms with Crippen molar-refractivity contribution < 1.29 is 14.0 Å². The fraction of sp³-hybridized carbons (Fsp3) is 0.529. The summed E-state index contributed by atoms with van der Waals surface area (Å²) in [5.41, 5.74) is 0.440. The van der Waals surface area contributed by atoms with Gasteiger partial charge in [0.15, 0.2) is 0 Å². The van der Waals surface area contributed by atoms with Crippen LogP contribution in [0, 0.1) is 11.7 Å².